The van der Waals surface area contributed by atoms with E-state index in [1.807, 2.05) is 4.98 Å². The van der Waals surface area contributed by atoms with Crippen LogP contribution in [0, 0.1) is 0 Å². The highest BCUT2D eigenvalue weighted by molar-refractivity contribution is 7.52. The largest absolute Gasteiger partial charge is 0.465 e. The van der Waals surface area contributed by atoms with Crippen LogP contribution in [0.3, 0.4) is 0 Å². The van der Waals surface area contributed by atoms with Crippen LogP contribution in [0.4, 0.5) is 0 Å². The second-order valence-electron chi connectivity index (χ2n) is 9.61. The zero-order chi connectivity index (χ0) is 31.2. The monoisotopic (exact) mass is 610 g/mol. The lowest BCUT2D eigenvalue weighted by Gasteiger charge is -2.28. The fourth-order valence-electron chi connectivity index (χ4n) is 4.03. The van der Waals surface area contributed by atoms with Crippen LogP contribution in [-0.4, -0.2) is 70.2 Å². The number of aliphatic hydroxyl groups excluding tert-OH is 1. The normalized spacial score (nSPS) is 23.8. The van der Waals surface area contributed by atoms with Crippen molar-refractivity contribution < 1.29 is 42.5 Å². The first-order valence-corrected chi connectivity index (χ1v) is 14.1. The molecule has 6 atom stereocenters. The van der Waals surface area contributed by atoms with E-state index in [0.29, 0.717) is 0 Å². The van der Waals surface area contributed by atoms with E-state index >= 15 is 0 Å². The number of hydrogen-bond donors (Lipinski definition) is 3. The summed E-state index contributed by atoms with van der Waals surface area (Å²) in [6, 6.07) is 5.46. The van der Waals surface area contributed by atoms with Crippen molar-refractivity contribution in [1.29, 1.82) is 0 Å². The molecule has 1 aromatic carbocycles. The van der Waals surface area contributed by atoms with Crippen LogP contribution < -0.4 is 20.9 Å². The minimum absolute atomic E-state index is 0.103. The Bertz CT molecular complexity index is 1520. The molecule has 1 aliphatic rings. The molecule has 0 saturated carbocycles. The molecule has 3 rings (SSSR count). The van der Waals surface area contributed by atoms with Gasteiger partial charge in [-0.3, -0.25) is 23.7 Å². The summed E-state index contributed by atoms with van der Waals surface area (Å²) in [5.74, 6) is -1.81. The van der Waals surface area contributed by atoms with Crippen molar-refractivity contribution in [3.8, 4) is 5.75 Å². The van der Waals surface area contributed by atoms with Crippen molar-refractivity contribution >= 4 is 19.7 Å². The Hall–Kier alpha value is -3.98. The third kappa shape index (κ3) is 7.26. The van der Waals surface area contributed by atoms with E-state index in [-0.39, 0.29) is 11.3 Å². The molecule has 0 aliphatic carbocycles. The summed E-state index contributed by atoms with van der Waals surface area (Å²) in [4.78, 5) is 53.5. The van der Waals surface area contributed by atoms with Gasteiger partial charge in [-0.25, -0.2) is 14.2 Å². The molecular weight excluding hydrogens is 579 g/mol. The van der Waals surface area contributed by atoms with Crippen molar-refractivity contribution in [2.75, 3.05) is 13.7 Å². The highest BCUT2D eigenvalue weighted by Gasteiger charge is 2.55. The van der Waals surface area contributed by atoms with Gasteiger partial charge in [0.15, 0.2) is 6.23 Å². The minimum atomic E-state index is -4.58. The lowest BCUT2D eigenvalue weighted by Crippen LogP contribution is -2.45. The Morgan fingerprint density at radius 2 is 1.98 bits per heavy atom. The van der Waals surface area contributed by atoms with Gasteiger partial charge in [0.05, 0.1) is 25.9 Å². The number of ether oxygens (including phenoxy) is 3. The SMILES string of the molecule is COC(=O)c1ccccc1OP(=O)(N[C@@H](C)C(=O)OC(C)C)OC[C@H]1O[C@@H](n2ccc(=O)[nH]c2=O)[C@](C)(N=[N+]=[N-])[C@@H]1O. The molecule has 0 spiro atoms. The van der Waals surface area contributed by atoms with Crippen LogP contribution in [0.25, 0.3) is 10.4 Å². The highest BCUT2D eigenvalue weighted by Crippen LogP contribution is 2.48. The highest BCUT2D eigenvalue weighted by atomic mass is 31.2. The second-order valence-corrected chi connectivity index (χ2v) is 11.3. The van der Waals surface area contributed by atoms with Crippen molar-refractivity contribution in [2.45, 2.75) is 63.8 Å². The third-order valence-electron chi connectivity index (χ3n) is 6.10. The summed E-state index contributed by atoms with van der Waals surface area (Å²) in [5.41, 5.74) is 5.66. The van der Waals surface area contributed by atoms with Gasteiger partial charge in [0.2, 0.25) is 0 Å². The van der Waals surface area contributed by atoms with E-state index in [4.69, 9.17) is 28.8 Å². The number of aromatic amines is 1. The average molecular weight is 611 g/mol. The molecule has 42 heavy (non-hydrogen) atoms. The lowest BCUT2D eigenvalue weighted by atomic mass is 9.93. The van der Waals surface area contributed by atoms with E-state index in [0.717, 1.165) is 23.9 Å². The summed E-state index contributed by atoms with van der Waals surface area (Å²) < 4.78 is 41.8. The molecule has 0 radical (unpaired) electrons. The molecule has 1 unspecified atom stereocenters. The Kier molecular flexibility index (Phi) is 10.3. The molecule has 17 nitrogen and oxygen atoms in total. The predicted octanol–water partition coefficient (Wildman–Crippen LogP) is 1.78. The number of esters is 2. The molecule has 228 valence electrons. The number of nitrogens with zero attached hydrogens (tertiary/aromatic N) is 4. The zero-order valence-electron chi connectivity index (χ0n) is 23.3. The van der Waals surface area contributed by atoms with Crippen LogP contribution in [0.1, 0.15) is 44.3 Å². The first-order valence-electron chi connectivity index (χ1n) is 12.6. The van der Waals surface area contributed by atoms with Gasteiger partial charge in [0, 0.05) is 17.2 Å². The molecule has 1 aromatic heterocycles. The molecule has 1 fully saturated rings. The van der Waals surface area contributed by atoms with E-state index in [2.05, 4.69) is 15.1 Å². The van der Waals surface area contributed by atoms with Gasteiger partial charge in [-0.2, -0.15) is 5.09 Å². The number of rotatable bonds is 12. The summed E-state index contributed by atoms with van der Waals surface area (Å²) in [6.45, 7) is 5.20. The third-order valence-corrected chi connectivity index (χ3v) is 7.73. The maximum Gasteiger partial charge on any atom is 0.459 e. The molecule has 1 saturated heterocycles. The maximum absolute atomic E-state index is 14.0. The zero-order valence-corrected chi connectivity index (χ0v) is 24.2. The molecule has 3 N–H and O–H groups in total. The number of carbonyl (C=O) groups is 2. The fraction of sp³-hybridized carbons (Fsp3) is 0.500. The summed E-state index contributed by atoms with van der Waals surface area (Å²) in [7, 11) is -3.44. The smallest absolute Gasteiger partial charge is 0.459 e. The lowest BCUT2D eigenvalue weighted by molar-refractivity contribution is -0.149. The molecule has 18 heteroatoms. The number of methoxy groups -OCH3 is 1. The summed E-state index contributed by atoms with van der Waals surface area (Å²) in [6.07, 6.45) is -3.83. The van der Waals surface area contributed by atoms with E-state index in [9.17, 15) is 28.8 Å². The molecule has 1 aliphatic heterocycles. The molecule has 2 heterocycles. The van der Waals surface area contributed by atoms with Crippen LogP contribution in [0.15, 0.2) is 51.2 Å². The minimum Gasteiger partial charge on any atom is -0.465 e. The van der Waals surface area contributed by atoms with E-state index in [1.165, 1.54) is 38.1 Å². The number of aliphatic hydroxyl groups is 1. The number of nitrogens with one attached hydrogen (secondary N) is 2. The molecular formula is C24H31N6O11P. The van der Waals surface area contributed by atoms with Gasteiger partial charge in [0.1, 0.15) is 29.0 Å². The van der Waals surface area contributed by atoms with Gasteiger partial charge in [0.25, 0.3) is 5.56 Å². The molecule has 0 bridgehead atoms. The van der Waals surface area contributed by atoms with Crippen LogP contribution in [-0.2, 0) is 28.1 Å². The van der Waals surface area contributed by atoms with Crippen molar-refractivity contribution in [3.63, 3.8) is 0 Å². The molecule has 0 amide bonds. The fourth-order valence-corrected chi connectivity index (χ4v) is 5.56. The van der Waals surface area contributed by atoms with Crippen LogP contribution in [0.2, 0.25) is 0 Å². The van der Waals surface area contributed by atoms with Gasteiger partial charge >= 0.3 is 25.4 Å². The van der Waals surface area contributed by atoms with Gasteiger partial charge in [-0.15, -0.1) is 0 Å². The first-order chi connectivity index (χ1) is 19.7. The number of azide groups is 1. The number of carbonyl (C=O) groups excluding carboxylic acids is 2. The number of hydrogen-bond acceptors (Lipinski definition) is 12. The van der Waals surface area contributed by atoms with E-state index < -0.39 is 73.7 Å². The predicted molar refractivity (Wildman–Crippen MR) is 145 cm³/mol. The Labute approximate surface area is 238 Å². The summed E-state index contributed by atoms with van der Waals surface area (Å²) >= 11 is 0. The van der Waals surface area contributed by atoms with Crippen molar-refractivity contribution in [3.05, 3.63) is 73.4 Å². The van der Waals surface area contributed by atoms with Crippen LogP contribution >= 0.6 is 7.75 Å². The molecule has 2 aromatic rings. The maximum atomic E-state index is 14.0. The summed E-state index contributed by atoms with van der Waals surface area (Å²) in [5, 5.41) is 17.2. The van der Waals surface area contributed by atoms with E-state index in [1.54, 1.807) is 13.8 Å². The first kappa shape index (κ1) is 32.5. The quantitative estimate of drug-likeness (QED) is 0.103. The van der Waals surface area contributed by atoms with Gasteiger partial charge in [-0.1, -0.05) is 17.2 Å². The van der Waals surface area contributed by atoms with Crippen molar-refractivity contribution in [1.82, 2.24) is 14.6 Å². The number of benzene rings is 1. The van der Waals surface area contributed by atoms with Gasteiger partial charge < -0.3 is 23.8 Å². The number of aromatic nitrogens is 2. The number of para-hydroxylation sites is 1. The van der Waals surface area contributed by atoms with Crippen LogP contribution in [0.5, 0.6) is 5.75 Å². The van der Waals surface area contributed by atoms with Gasteiger partial charge in [-0.05, 0) is 45.4 Å². The average Bonchev–Trinajstić information content (AvgIpc) is 3.16. The second kappa shape index (κ2) is 13.3. The Morgan fingerprint density at radius 1 is 1.29 bits per heavy atom. The Morgan fingerprint density at radius 3 is 2.60 bits per heavy atom. The Balaban J connectivity index is 1.94. The van der Waals surface area contributed by atoms with Crippen molar-refractivity contribution in [2.24, 2.45) is 5.11 Å². The standard InChI is InChI=1S/C24H31N6O11P/c1-13(2)39-20(33)14(3)27-42(36,41-16-9-7-6-8-15(16)21(34)37-5)38-12-17-19(32)24(4,28-29-25)22(40-17)30-11-10-18(31)26-23(30)35/h6-11,13-14,17,19,22,32H,12H2,1-5H3,(H,27,36)(H,26,31,35)/t14-,17+,19+,22+,24+,42?/m0/s1. The number of H-pyrrole nitrogens is 1. The topological polar surface area (TPSA) is 233 Å².